The Hall–Kier alpha value is -4.22. The summed E-state index contributed by atoms with van der Waals surface area (Å²) in [6.45, 7) is 1.07. The van der Waals surface area contributed by atoms with Gasteiger partial charge in [-0.3, -0.25) is 23.9 Å². The average Bonchev–Trinajstić information content (AvgIpc) is 3.47. The summed E-state index contributed by atoms with van der Waals surface area (Å²) < 4.78 is 29.4. The lowest BCUT2D eigenvalue weighted by Crippen LogP contribution is -2.45. The molecule has 0 bridgehead atoms. The molecule has 206 valence electrons. The minimum atomic E-state index is -1.29. The molecule has 1 saturated heterocycles. The van der Waals surface area contributed by atoms with Gasteiger partial charge < -0.3 is 10.6 Å². The van der Waals surface area contributed by atoms with Crippen LogP contribution in [0, 0.1) is 5.82 Å². The number of likely N-dealkylation sites (tertiary alicyclic amines) is 1. The van der Waals surface area contributed by atoms with E-state index < -0.39 is 29.8 Å². The maximum absolute atomic E-state index is 14.4. The van der Waals surface area contributed by atoms with Crippen LogP contribution in [0.25, 0.3) is 10.9 Å². The van der Waals surface area contributed by atoms with Gasteiger partial charge in [0.1, 0.15) is 18.3 Å². The monoisotopic (exact) mass is 566 g/mol. The number of carbonyl (C=O) groups is 3. The number of Topliss-reactive ketones (excluding diaryl/α,β-unsaturated/α-hetero) is 1. The molecule has 9 nitrogen and oxygen atoms in total. The standard InChI is InChI=1S/C28H25ClF2N6O3/c1-16(38)24-13-37(25-3-2-21(8-23(24)25)35-22-10-32-15-33-11-22)27(39)14-36-12-20(31)7-26(36)28(40)34-9-17-4-18(29)6-19(30)5-17/h2-6,8,10-11,13,15,20,26,35H,7,9,12,14H2,1H3,(H,34,40)/t20-,26+/m1/s1. The highest BCUT2D eigenvalue weighted by Crippen LogP contribution is 2.28. The average molecular weight is 567 g/mol. The maximum Gasteiger partial charge on any atom is 0.245 e. The maximum atomic E-state index is 14.4. The van der Waals surface area contributed by atoms with Crippen molar-refractivity contribution in [2.45, 2.75) is 32.1 Å². The fraction of sp³-hybridized carbons (Fsp3) is 0.250. The van der Waals surface area contributed by atoms with Gasteiger partial charge in [0.2, 0.25) is 11.8 Å². The first-order valence-electron chi connectivity index (χ1n) is 12.5. The summed E-state index contributed by atoms with van der Waals surface area (Å²) >= 11 is 5.88. The van der Waals surface area contributed by atoms with Crippen LogP contribution in [0.4, 0.5) is 20.2 Å². The Morgan fingerprint density at radius 1 is 1.10 bits per heavy atom. The van der Waals surface area contributed by atoms with E-state index in [0.29, 0.717) is 33.4 Å². The molecular weight excluding hydrogens is 542 g/mol. The summed E-state index contributed by atoms with van der Waals surface area (Å²) in [5.74, 6) is -1.65. The number of hydrogen-bond donors (Lipinski definition) is 2. The highest BCUT2D eigenvalue weighted by Gasteiger charge is 2.38. The van der Waals surface area contributed by atoms with E-state index in [2.05, 4.69) is 20.6 Å². The van der Waals surface area contributed by atoms with Crippen molar-refractivity contribution in [2.24, 2.45) is 0 Å². The van der Waals surface area contributed by atoms with E-state index in [4.69, 9.17) is 11.6 Å². The summed E-state index contributed by atoms with van der Waals surface area (Å²) in [6.07, 6.45) is 4.71. The number of nitrogens with one attached hydrogen (secondary N) is 2. The van der Waals surface area contributed by atoms with Crippen LogP contribution in [0.3, 0.4) is 0 Å². The van der Waals surface area contributed by atoms with Crippen LogP contribution >= 0.6 is 11.6 Å². The van der Waals surface area contributed by atoms with Crippen LogP contribution < -0.4 is 10.6 Å². The van der Waals surface area contributed by atoms with Crippen molar-refractivity contribution in [3.05, 3.63) is 83.3 Å². The van der Waals surface area contributed by atoms with Crippen molar-refractivity contribution in [3.63, 3.8) is 0 Å². The molecule has 2 aromatic heterocycles. The summed E-state index contributed by atoms with van der Waals surface area (Å²) in [5, 5.41) is 6.60. The number of benzene rings is 2. The summed E-state index contributed by atoms with van der Waals surface area (Å²) in [6, 6.07) is 8.26. The molecule has 1 amide bonds. The number of fused-ring (bicyclic) bond motifs is 1. The lowest BCUT2D eigenvalue weighted by atomic mass is 10.1. The number of anilines is 2. The topological polar surface area (TPSA) is 109 Å². The minimum Gasteiger partial charge on any atom is -0.353 e. The van der Waals surface area contributed by atoms with Gasteiger partial charge in [0.05, 0.1) is 36.2 Å². The number of aromatic nitrogens is 3. The van der Waals surface area contributed by atoms with E-state index in [1.165, 1.54) is 41.0 Å². The van der Waals surface area contributed by atoms with E-state index in [0.717, 1.165) is 6.07 Å². The van der Waals surface area contributed by atoms with E-state index in [-0.39, 0.29) is 36.9 Å². The summed E-state index contributed by atoms with van der Waals surface area (Å²) in [7, 11) is 0. The first-order valence-corrected chi connectivity index (χ1v) is 12.9. The van der Waals surface area contributed by atoms with Crippen molar-refractivity contribution in [2.75, 3.05) is 18.4 Å². The molecule has 4 aromatic rings. The Balaban J connectivity index is 1.33. The Morgan fingerprint density at radius 2 is 1.88 bits per heavy atom. The van der Waals surface area contributed by atoms with Gasteiger partial charge in [-0.25, -0.2) is 18.7 Å². The molecule has 3 heterocycles. The van der Waals surface area contributed by atoms with Gasteiger partial charge in [-0.15, -0.1) is 0 Å². The summed E-state index contributed by atoms with van der Waals surface area (Å²) in [4.78, 5) is 48.2. The van der Waals surface area contributed by atoms with Gasteiger partial charge in [-0.2, -0.15) is 0 Å². The number of ketones is 1. The Labute approximate surface area is 233 Å². The first-order chi connectivity index (χ1) is 19.2. The number of halogens is 3. The second-order valence-corrected chi connectivity index (χ2v) is 10.1. The van der Waals surface area contributed by atoms with Crippen molar-refractivity contribution in [1.82, 2.24) is 24.8 Å². The zero-order chi connectivity index (χ0) is 28.4. The zero-order valence-electron chi connectivity index (χ0n) is 21.4. The third kappa shape index (κ3) is 6.00. The van der Waals surface area contributed by atoms with Crippen LogP contribution in [-0.2, 0) is 11.3 Å². The van der Waals surface area contributed by atoms with Crippen LogP contribution in [0.1, 0.15) is 34.1 Å². The van der Waals surface area contributed by atoms with E-state index >= 15 is 0 Å². The highest BCUT2D eigenvalue weighted by atomic mass is 35.5. The quantitative estimate of drug-likeness (QED) is 0.301. The lowest BCUT2D eigenvalue weighted by Gasteiger charge is -2.23. The molecule has 5 rings (SSSR count). The second-order valence-electron chi connectivity index (χ2n) is 9.62. The zero-order valence-corrected chi connectivity index (χ0v) is 22.2. The number of nitrogens with zero attached hydrogens (tertiary/aromatic N) is 4. The Kier molecular flexibility index (Phi) is 7.85. The number of rotatable bonds is 8. The van der Waals surface area contributed by atoms with Crippen LogP contribution in [-0.4, -0.2) is 62.3 Å². The Bertz CT molecular complexity index is 1580. The van der Waals surface area contributed by atoms with Crippen LogP contribution in [0.5, 0.6) is 0 Å². The minimum absolute atomic E-state index is 0.00123. The first kappa shape index (κ1) is 27.4. The SMILES string of the molecule is CC(=O)c1cn(C(=O)CN2C[C@H](F)C[C@H]2C(=O)NCc2cc(F)cc(Cl)c2)c2ccc(Nc3cncnc3)cc12. The van der Waals surface area contributed by atoms with Crippen molar-refractivity contribution in [1.29, 1.82) is 0 Å². The van der Waals surface area contributed by atoms with Crippen molar-refractivity contribution >= 4 is 51.5 Å². The fourth-order valence-electron chi connectivity index (χ4n) is 4.89. The van der Waals surface area contributed by atoms with Gasteiger partial charge >= 0.3 is 0 Å². The molecule has 1 aliphatic heterocycles. The number of carbonyl (C=O) groups excluding carboxylic acids is 3. The molecule has 2 atom stereocenters. The number of amides is 1. The molecule has 2 aromatic carbocycles. The molecule has 0 spiro atoms. The van der Waals surface area contributed by atoms with E-state index in [9.17, 15) is 23.2 Å². The third-order valence-electron chi connectivity index (χ3n) is 6.68. The van der Waals surface area contributed by atoms with E-state index in [1.54, 1.807) is 30.6 Å². The predicted octanol–water partition coefficient (Wildman–Crippen LogP) is 4.54. The largest absolute Gasteiger partial charge is 0.353 e. The van der Waals surface area contributed by atoms with Crippen molar-refractivity contribution in [3.8, 4) is 0 Å². The number of hydrogen-bond acceptors (Lipinski definition) is 7. The second kappa shape index (κ2) is 11.5. The van der Waals surface area contributed by atoms with Gasteiger partial charge in [0.25, 0.3) is 0 Å². The highest BCUT2D eigenvalue weighted by molar-refractivity contribution is 6.30. The predicted molar refractivity (Wildman–Crippen MR) is 146 cm³/mol. The molecule has 40 heavy (non-hydrogen) atoms. The molecular formula is C28H25ClF2N6O3. The number of alkyl halides is 1. The lowest BCUT2D eigenvalue weighted by molar-refractivity contribution is -0.125. The molecule has 0 aliphatic carbocycles. The van der Waals surface area contributed by atoms with Crippen LogP contribution in [0.15, 0.2) is 61.3 Å². The molecule has 2 N–H and O–H groups in total. The van der Waals surface area contributed by atoms with Gasteiger partial charge in [-0.05, 0) is 48.9 Å². The van der Waals surface area contributed by atoms with Gasteiger partial charge in [0.15, 0.2) is 5.78 Å². The third-order valence-corrected chi connectivity index (χ3v) is 6.90. The fourth-order valence-corrected chi connectivity index (χ4v) is 5.13. The molecule has 1 fully saturated rings. The Morgan fingerprint density at radius 3 is 2.60 bits per heavy atom. The molecule has 0 unspecified atom stereocenters. The summed E-state index contributed by atoms with van der Waals surface area (Å²) in [5.41, 5.74) is 2.64. The van der Waals surface area contributed by atoms with Gasteiger partial charge in [0, 0.05) is 47.4 Å². The van der Waals surface area contributed by atoms with E-state index in [1.807, 2.05) is 0 Å². The molecule has 0 saturated carbocycles. The smallest absolute Gasteiger partial charge is 0.245 e. The molecule has 0 radical (unpaired) electrons. The van der Waals surface area contributed by atoms with Gasteiger partial charge in [-0.1, -0.05) is 11.6 Å². The molecule has 12 heteroatoms. The van der Waals surface area contributed by atoms with Crippen molar-refractivity contribution < 1.29 is 23.2 Å². The van der Waals surface area contributed by atoms with Crippen LogP contribution in [0.2, 0.25) is 5.02 Å². The normalized spacial score (nSPS) is 17.2. The molecule has 1 aliphatic rings.